The van der Waals surface area contributed by atoms with Crippen LogP contribution in [-0.4, -0.2) is 51.3 Å². The largest absolute Gasteiger partial charge is 0.573 e. The highest BCUT2D eigenvalue weighted by atomic mass is 19.4. The smallest absolute Gasteiger partial charge is 0.406 e. The summed E-state index contributed by atoms with van der Waals surface area (Å²) in [5, 5.41) is 16.4. The van der Waals surface area contributed by atoms with Gasteiger partial charge in [-0.3, -0.25) is 0 Å². The van der Waals surface area contributed by atoms with E-state index in [1.54, 1.807) is 17.9 Å². The van der Waals surface area contributed by atoms with E-state index in [1.807, 2.05) is 38.2 Å². The Morgan fingerprint density at radius 2 is 1.74 bits per heavy atom. The van der Waals surface area contributed by atoms with Gasteiger partial charge in [-0.05, 0) is 49.4 Å². The molecule has 3 aromatic rings. The van der Waals surface area contributed by atoms with Crippen molar-refractivity contribution in [3.05, 3.63) is 71.8 Å². The van der Waals surface area contributed by atoms with Crippen molar-refractivity contribution in [3.8, 4) is 11.4 Å². The summed E-state index contributed by atoms with van der Waals surface area (Å²) in [7, 11) is 1.96. The summed E-state index contributed by atoms with van der Waals surface area (Å²) in [5.41, 5.74) is -0.153. The van der Waals surface area contributed by atoms with Crippen LogP contribution < -0.4 is 4.74 Å². The van der Waals surface area contributed by atoms with Crippen molar-refractivity contribution in [1.29, 1.82) is 0 Å². The fourth-order valence-electron chi connectivity index (χ4n) is 4.48. The van der Waals surface area contributed by atoms with Gasteiger partial charge in [-0.2, -0.15) is 5.10 Å². The number of aromatic nitrogens is 3. The predicted octanol–water partition coefficient (Wildman–Crippen LogP) is 3.66. The van der Waals surface area contributed by atoms with E-state index in [9.17, 15) is 18.3 Å². The zero-order valence-corrected chi connectivity index (χ0v) is 17.4. The van der Waals surface area contributed by atoms with Crippen molar-refractivity contribution in [1.82, 2.24) is 19.7 Å². The van der Waals surface area contributed by atoms with E-state index >= 15 is 0 Å². The Morgan fingerprint density at radius 3 is 2.29 bits per heavy atom. The minimum Gasteiger partial charge on any atom is -0.406 e. The number of hydrogen-bond donors (Lipinski definition) is 1. The van der Waals surface area contributed by atoms with E-state index < -0.39 is 17.4 Å². The van der Waals surface area contributed by atoms with Crippen LogP contribution in [0.4, 0.5) is 13.2 Å². The monoisotopic (exact) mass is 432 g/mol. The number of nitrogens with zero attached hydrogens (tertiary/aromatic N) is 4. The van der Waals surface area contributed by atoms with Crippen molar-refractivity contribution in [2.24, 2.45) is 5.41 Å². The van der Waals surface area contributed by atoms with Gasteiger partial charge in [0, 0.05) is 18.5 Å². The minimum absolute atomic E-state index is 0.332. The molecular weight excluding hydrogens is 409 g/mol. The molecule has 1 aliphatic rings. The third-order valence-corrected chi connectivity index (χ3v) is 5.75. The lowest BCUT2D eigenvalue weighted by atomic mass is 9.62. The maximum Gasteiger partial charge on any atom is 0.573 e. The Labute approximate surface area is 177 Å². The molecule has 6 nitrogen and oxygen atoms in total. The molecular formula is C22H23F3N4O2. The number of aliphatic hydroxyl groups is 1. The van der Waals surface area contributed by atoms with Crippen LogP contribution in [0, 0.1) is 12.3 Å². The van der Waals surface area contributed by atoms with E-state index in [2.05, 4.69) is 19.7 Å². The molecule has 31 heavy (non-hydrogen) atoms. The lowest BCUT2D eigenvalue weighted by molar-refractivity contribution is -0.274. The molecule has 4 rings (SSSR count). The summed E-state index contributed by atoms with van der Waals surface area (Å²) in [6.07, 6.45) is -3.18. The second kappa shape index (κ2) is 7.35. The van der Waals surface area contributed by atoms with E-state index in [0.717, 1.165) is 5.69 Å². The van der Waals surface area contributed by atoms with E-state index in [0.29, 0.717) is 30.0 Å². The Bertz CT molecular complexity index is 1070. The fourth-order valence-corrected chi connectivity index (χ4v) is 4.48. The van der Waals surface area contributed by atoms with Crippen LogP contribution in [0.5, 0.6) is 5.75 Å². The van der Waals surface area contributed by atoms with Gasteiger partial charge in [0.2, 0.25) is 0 Å². The average Bonchev–Trinajstić information content (AvgIpc) is 3.12. The third-order valence-electron chi connectivity index (χ3n) is 5.75. The number of alkyl halides is 3. The number of rotatable bonds is 5. The summed E-state index contributed by atoms with van der Waals surface area (Å²) >= 11 is 0. The van der Waals surface area contributed by atoms with Crippen molar-refractivity contribution < 1.29 is 23.0 Å². The topological polar surface area (TPSA) is 63.4 Å². The third kappa shape index (κ3) is 3.90. The highest BCUT2D eigenvalue weighted by Gasteiger charge is 2.55. The molecule has 164 valence electrons. The Hall–Kier alpha value is -2.91. The molecule has 9 heteroatoms. The molecule has 1 aliphatic heterocycles. The molecule has 0 aliphatic carbocycles. The molecule has 1 fully saturated rings. The fraction of sp³-hybridized carbons (Fsp3) is 0.364. The SMILES string of the molecule is Cc1ncn(-c2cccc([C@@](O)(c3ccc(OC(F)(F)F)cc3)C3(C)CN(C)C3)c2)n1. The Balaban J connectivity index is 1.78. The van der Waals surface area contributed by atoms with E-state index in [1.165, 1.54) is 24.3 Å². The lowest BCUT2D eigenvalue weighted by Gasteiger charge is -2.56. The molecule has 1 saturated heterocycles. The van der Waals surface area contributed by atoms with Crippen LogP contribution >= 0.6 is 0 Å². The van der Waals surface area contributed by atoms with Gasteiger partial charge in [-0.15, -0.1) is 13.2 Å². The van der Waals surface area contributed by atoms with Crippen LogP contribution in [0.1, 0.15) is 23.9 Å². The van der Waals surface area contributed by atoms with Crippen molar-refractivity contribution >= 4 is 0 Å². The predicted molar refractivity (Wildman–Crippen MR) is 108 cm³/mol. The number of benzene rings is 2. The summed E-state index contributed by atoms with van der Waals surface area (Å²) < 4.78 is 43.3. The summed E-state index contributed by atoms with van der Waals surface area (Å²) in [5.74, 6) is 0.287. The number of ether oxygens (including phenoxy) is 1. The summed E-state index contributed by atoms with van der Waals surface area (Å²) in [6, 6.07) is 12.7. The molecule has 2 aromatic carbocycles. The van der Waals surface area contributed by atoms with Gasteiger partial charge in [0.05, 0.1) is 5.69 Å². The molecule has 0 bridgehead atoms. The van der Waals surface area contributed by atoms with Crippen LogP contribution in [0.3, 0.4) is 0 Å². The first-order valence-electron chi connectivity index (χ1n) is 9.77. The van der Waals surface area contributed by atoms with Crippen LogP contribution in [0.15, 0.2) is 54.9 Å². The minimum atomic E-state index is -4.77. The molecule has 0 saturated carbocycles. The first-order valence-corrected chi connectivity index (χ1v) is 9.77. The molecule has 1 N–H and O–H groups in total. The first kappa shape index (κ1) is 21.3. The van der Waals surface area contributed by atoms with Crippen molar-refractivity contribution in [2.45, 2.75) is 25.8 Å². The quantitative estimate of drug-likeness (QED) is 0.667. The van der Waals surface area contributed by atoms with Crippen LogP contribution in [0.25, 0.3) is 5.69 Å². The number of aryl methyl sites for hydroxylation is 1. The van der Waals surface area contributed by atoms with Crippen LogP contribution in [0.2, 0.25) is 0 Å². The van der Waals surface area contributed by atoms with Crippen molar-refractivity contribution in [2.75, 3.05) is 20.1 Å². The van der Waals surface area contributed by atoms with Gasteiger partial charge < -0.3 is 14.7 Å². The van der Waals surface area contributed by atoms with Crippen molar-refractivity contribution in [3.63, 3.8) is 0 Å². The normalized spacial score (nSPS) is 18.3. The zero-order valence-electron chi connectivity index (χ0n) is 17.4. The molecule has 0 amide bonds. The van der Waals surface area contributed by atoms with Gasteiger partial charge in [0.1, 0.15) is 23.5 Å². The highest BCUT2D eigenvalue weighted by molar-refractivity contribution is 5.46. The molecule has 2 heterocycles. The first-order chi connectivity index (χ1) is 14.5. The van der Waals surface area contributed by atoms with Gasteiger partial charge in [-0.1, -0.05) is 31.2 Å². The number of halogens is 3. The average molecular weight is 432 g/mol. The lowest BCUT2D eigenvalue weighted by Crippen LogP contribution is -2.63. The zero-order chi connectivity index (χ0) is 22.4. The molecule has 1 aromatic heterocycles. The summed E-state index contributed by atoms with van der Waals surface area (Å²) in [6.45, 7) is 5.00. The van der Waals surface area contributed by atoms with Gasteiger partial charge in [0.25, 0.3) is 0 Å². The second-order valence-corrected chi connectivity index (χ2v) is 8.30. The van der Waals surface area contributed by atoms with E-state index in [4.69, 9.17) is 0 Å². The van der Waals surface area contributed by atoms with Gasteiger partial charge in [0.15, 0.2) is 0 Å². The van der Waals surface area contributed by atoms with Gasteiger partial charge in [-0.25, -0.2) is 9.67 Å². The maximum absolute atomic E-state index is 12.6. The molecule has 0 unspecified atom stereocenters. The maximum atomic E-state index is 12.6. The standard InChI is InChI=1S/C22H23F3N4O2/c1-15-26-14-29(27-15)18-6-4-5-17(11-18)21(30,20(2)12-28(3)13-20)16-7-9-19(10-8-16)31-22(23,24)25/h4-11,14,30H,12-13H2,1-3H3/t21-/m0/s1. The second-order valence-electron chi connectivity index (χ2n) is 8.30. The molecule has 1 atom stereocenters. The highest BCUT2D eigenvalue weighted by Crippen LogP contribution is 2.50. The van der Waals surface area contributed by atoms with E-state index in [-0.39, 0.29) is 5.75 Å². The van der Waals surface area contributed by atoms with Gasteiger partial charge >= 0.3 is 6.36 Å². The van der Waals surface area contributed by atoms with Crippen LogP contribution in [-0.2, 0) is 5.60 Å². The molecule has 0 spiro atoms. The molecule has 0 radical (unpaired) electrons. The summed E-state index contributed by atoms with van der Waals surface area (Å²) in [4.78, 5) is 6.22. The Morgan fingerprint density at radius 1 is 1.06 bits per heavy atom. The number of hydrogen-bond acceptors (Lipinski definition) is 5. The Kier molecular flexibility index (Phi) is 5.06. The number of likely N-dealkylation sites (tertiary alicyclic amines) is 1.